The number of hydrogen-bond donors (Lipinski definition) is 0. The van der Waals surface area contributed by atoms with Gasteiger partial charge in [-0.05, 0) is 29.8 Å². The zero-order valence-corrected chi connectivity index (χ0v) is 10.9. The summed E-state index contributed by atoms with van der Waals surface area (Å²) in [6.07, 6.45) is 3.19. The first kappa shape index (κ1) is 12.9. The standard InChI is InChI=1S/C15H10Cl2O/c16-13-8-6-11(14(17)10-13)7-9-15(18)12-4-2-1-3-5-12/h1-10H. The molecule has 3 heteroatoms. The summed E-state index contributed by atoms with van der Waals surface area (Å²) in [6, 6.07) is 14.2. The van der Waals surface area contributed by atoms with Gasteiger partial charge < -0.3 is 0 Å². The van der Waals surface area contributed by atoms with Crippen molar-refractivity contribution in [3.8, 4) is 0 Å². The third-order valence-electron chi connectivity index (χ3n) is 2.44. The number of hydrogen-bond acceptors (Lipinski definition) is 1. The van der Waals surface area contributed by atoms with Gasteiger partial charge >= 0.3 is 0 Å². The van der Waals surface area contributed by atoms with E-state index in [9.17, 15) is 4.79 Å². The lowest BCUT2D eigenvalue weighted by Crippen LogP contribution is -1.92. The van der Waals surface area contributed by atoms with Crippen molar-refractivity contribution in [1.82, 2.24) is 0 Å². The van der Waals surface area contributed by atoms with Gasteiger partial charge in [-0.1, -0.05) is 59.6 Å². The lowest BCUT2D eigenvalue weighted by atomic mass is 10.1. The van der Waals surface area contributed by atoms with Crippen molar-refractivity contribution >= 4 is 35.1 Å². The van der Waals surface area contributed by atoms with Gasteiger partial charge in [0.2, 0.25) is 0 Å². The van der Waals surface area contributed by atoms with Crippen LogP contribution >= 0.6 is 23.2 Å². The molecule has 0 fully saturated rings. The van der Waals surface area contributed by atoms with Crippen molar-refractivity contribution in [3.63, 3.8) is 0 Å². The fourth-order valence-electron chi connectivity index (χ4n) is 1.50. The quantitative estimate of drug-likeness (QED) is 0.576. The summed E-state index contributed by atoms with van der Waals surface area (Å²) in [5.74, 6) is -0.0541. The fourth-order valence-corrected chi connectivity index (χ4v) is 1.97. The van der Waals surface area contributed by atoms with E-state index >= 15 is 0 Å². The van der Waals surface area contributed by atoms with Gasteiger partial charge in [0.15, 0.2) is 5.78 Å². The second kappa shape index (κ2) is 5.85. The number of carbonyl (C=O) groups is 1. The van der Waals surface area contributed by atoms with Gasteiger partial charge in [-0.25, -0.2) is 0 Å². The minimum absolute atomic E-state index is 0.0541. The fraction of sp³-hybridized carbons (Fsp3) is 0. The van der Waals surface area contributed by atoms with E-state index in [4.69, 9.17) is 23.2 Å². The molecule has 0 N–H and O–H groups in total. The molecule has 2 rings (SSSR count). The van der Waals surface area contributed by atoms with Crippen LogP contribution in [-0.4, -0.2) is 5.78 Å². The third-order valence-corrected chi connectivity index (χ3v) is 3.00. The van der Waals surface area contributed by atoms with Crippen molar-refractivity contribution in [1.29, 1.82) is 0 Å². The molecule has 0 heterocycles. The Kier molecular flexibility index (Phi) is 4.19. The maximum Gasteiger partial charge on any atom is 0.185 e. The molecule has 0 radical (unpaired) electrons. The lowest BCUT2D eigenvalue weighted by molar-refractivity contribution is 0.104. The summed E-state index contributed by atoms with van der Waals surface area (Å²) in [5.41, 5.74) is 1.42. The highest BCUT2D eigenvalue weighted by Gasteiger charge is 2.01. The van der Waals surface area contributed by atoms with E-state index in [2.05, 4.69) is 0 Å². The zero-order valence-electron chi connectivity index (χ0n) is 9.44. The number of rotatable bonds is 3. The highest BCUT2D eigenvalue weighted by atomic mass is 35.5. The topological polar surface area (TPSA) is 17.1 Å². The van der Waals surface area contributed by atoms with Crippen LogP contribution in [0.2, 0.25) is 10.0 Å². The van der Waals surface area contributed by atoms with Crippen molar-refractivity contribution in [2.45, 2.75) is 0 Å². The van der Waals surface area contributed by atoms with Gasteiger partial charge in [0, 0.05) is 15.6 Å². The van der Waals surface area contributed by atoms with Gasteiger partial charge in [0.1, 0.15) is 0 Å². The molecule has 0 aromatic heterocycles. The molecule has 90 valence electrons. The molecule has 18 heavy (non-hydrogen) atoms. The lowest BCUT2D eigenvalue weighted by Gasteiger charge is -1.98. The van der Waals surface area contributed by atoms with Crippen LogP contribution in [0.4, 0.5) is 0 Å². The van der Waals surface area contributed by atoms with Crippen molar-refractivity contribution < 1.29 is 4.79 Å². The molecule has 0 saturated carbocycles. The molecular weight excluding hydrogens is 267 g/mol. The Morgan fingerprint density at radius 2 is 1.72 bits per heavy atom. The number of benzene rings is 2. The van der Waals surface area contributed by atoms with E-state index in [0.717, 1.165) is 5.56 Å². The van der Waals surface area contributed by atoms with E-state index in [1.807, 2.05) is 18.2 Å². The molecule has 0 aliphatic heterocycles. The van der Waals surface area contributed by atoms with E-state index in [0.29, 0.717) is 15.6 Å². The average Bonchev–Trinajstić information content (AvgIpc) is 2.38. The van der Waals surface area contributed by atoms with Crippen LogP contribution < -0.4 is 0 Å². The van der Waals surface area contributed by atoms with E-state index in [1.54, 1.807) is 36.4 Å². The van der Waals surface area contributed by atoms with Crippen LogP contribution in [0.1, 0.15) is 15.9 Å². The highest BCUT2D eigenvalue weighted by molar-refractivity contribution is 6.35. The van der Waals surface area contributed by atoms with Crippen molar-refractivity contribution in [2.24, 2.45) is 0 Å². The van der Waals surface area contributed by atoms with Crippen LogP contribution in [0.3, 0.4) is 0 Å². The van der Waals surface area contributed by atoms with Crippen molar-refractivity contribution in [2.75, 3.05) is 0 Å². The minimum Gasteiger partial charge on any atom is -0.289 e. The normalized spacial score (nSPS) is 10.8. The third kappa shape index (κ3) is 3.22. The Morgan fingerprint density at radius 1 is 1.00 bits per heavy atom. The van der Waals surface area contributed by atoms with Gasteiger partial charge in [0.05, 0.1) is 0 Å². The van der Waals surface area contributed by atoms with Gasteiger partial charge in [-0.3, -0.25) is 4.79 Å². The smallest absolute Gasteiger partial charge is 0.185 e. The number of halogens is 2. The van der Waals surface area contributed by atoms with Gasteiger partial charge in [-0.15, -0.1) is 0 Å². The molecule has 0 unspecified atom stereocenters. The molecule has 0 amide bonds. The number of allylic oxidation sites excluding steroid dienone is 1. The monoisotopic (exact) mass is 276 g/mol. The minimum atomic E-state index is -0.0541. The SMILES string of the molecule is O=C(C=Cc1ccc(Cl)cc1Cl)c1ccccc1. The Bertz CT molecular complexity index is 589. The van der Waals surface area contributed by atoms with Crippen LogP contribution in [0.15, 0.2) is 54.6 Å². The first-order valence-electron chi connectivity index (χ1n) is 5.39. The largest absolute Gasteiger partial charge is 0.289 e. The van der Waals surface area contributed by atoms with Crippen LogP contribution in [0.5, 0.6) is 0 Å². The van der Waals surface area contributed by atoms with E-state index in [-0.39, 0.29) is 5.78 Å². The van der Waals surface area contributed by atoms with E-state index < -0.39 is 0 Å². The van der Waals surface area contributed by atoms with Crippen molar-refractivity contribution in [3.05, 3.63) is 75.8 Å². The van der Waals surface area contributed by atoms with Crippen LogP contribution in [-0.2, 0) is 0 Å². The second-order valence-electron chi connectivity index (χ2n) is 3.73. The maximum absolute atomic E-state index is 11.8. The molecule has 0 bridgehead atoms. The maximum atomic E-state index is 11.8. The second-order valence-corrected chi connectivity index (χ2v) is 4.57. The molecule has 0 saturated heterocycles. The highest BCUT2D eigenvalue weighted by Crippen LogP contribution is 2.22. The first-order chi connectivity index (χ1) is 8.66. The van der Waals surface area contributed by atoms with Gasteiger partial charge in [0.25, 0.3) is 0 Å². The summed E-state index contributed by atoms with van der Waals surface area (Å²) in [5, 5.41) is 1.10. The molecule has 2 aromatic rings. The summed E-state index contributed by atoms with van der Waals surface area (Å²) in [4.78, 5) is 11.8. The van der Waals surface area contributed by atoms with Gasteiger partial charge in [-0.2, -0.15) is 0 Å². The van der Waals surface area contributed by atoms with Crippen LogP contribution in [0.25, 0.3) is 6.08 Å². The average molecular weight is 277 g/mol. The predicted octanol–water partition coefficient (Wildman–Crippen LogP) is 4.89. The zero-order chi connectivity index (χ0) is 13.0. The molecule has 0 atom stereocenters. The van der Waals surface area contributed by atoms with Crippen LogP contribution in [0, 0.1) is 0 Å². The predicted molar refractivity (Wildman–Crippen MR) is 76.3 cm³/mol. The Labute approximate surface area is 116 Å². The molecule has 0 spiro atoms. The molecular formula is C15H10Cl2O. The number of ketones is 1. The number of carbonyl (C=O) groups excluding carboxylic acids is 1. The Balaban J connectivity index is 2.19. The first-order valence-corrected chi connectivity index (χ1v) is 6.15. The summed E-state index contributed by atoms with van der Waals surface area (Å²) < 4.78 is 0. The molecule has 0 aliphatic carbocycles. The molecule has 0 aliphatic rings. The summed E-state index contributed by atoms with van der Waals surface area (Å²) in [6.45, 7) is 0. The summed E-state index contributed by atoms with van der Waals surface area (Å²) in [7, 11) is 0. The Morgan fingerprint density at radius 3 is 2.39 bits per heavy atom. The summed E-state index contributed by atoms with van der Waals surface area (Å²) >= 11 is 11.8. The Hall–Kier alpha value is -1.57. The molecule has 1 nitrogen and oxygen atoms in total. The molecule has 2 aromatic carbocycles. The van der Waals surface area contributed by atoms with E-state index in [1.165, 1.54) is 6.08 Å².